The molecular formula is C23H22N2O6. The van der Waals surface area contributed by atoms with Gasteiger partial charge in [0.1, 0.15) is 12.6 Å². The maximum absolute atomic E-state index is 13.0. The number of nitrogens with one attached hydrogen (secondary N) is 1. The zero-order valence-electron chi connectivity index (χ0n) is 16.8. The van der Waals surface area contributed by atoms with Gasteiger partial charge in [-0.2, -0.15) is 0 Å². The number of benzene rings is 2. The molecule has 1 N–H and O–H groups in total. The molecule has 0 spiro atoms. The molecule has 160 valence electrons. The smallest absolute Gasteiger partial charge is 0.255 e. The van der Waals surface area contributed by atoms with Crippen molar-refractivity contribution in [2.45, 2.75) is 38.1 Å². The van der Waals surface area contributed by atoms with Crippen LogP contribution in [0, 0.1) is 0 Å². The molecule has 1 saturated heterocycles. The first kappa shape index (κ1) is 19.6. The summed E-state index contributed by atoms with van der Waals surface area (Å²) in [6.45, 7) is 1.42. The average molecular weight is 422 g/mol. The molecule has 0 saturated carbocycles. The fraction of sp³-hybridized carbons (Fsp3) is 0.348. The van der Waals surface area contributed by atoms with E-state index in [1.165, 1.54) is 4.90 Å². The lowest BCUT2D eigenvalue weighted by Gasteiger charge is -2.30. The third-order valence-corrected chi connectivity index (χ3v) is 5.75. The fourth-order valence-electron chi connectivity index (χ4n) is 4.18. The summed E-state index contributed by atoms with van der Waals surface area (Å²) >= 11 is 0. The highest BCUT2D eigenvalue weighted by Crippen LogP contribution is 2.42. The molecule has 3 heterocycles. The Morgan fingerprint density at radius 3 is 2.74 bits per heavy atom. The normalized spacial score (nSPS) is 22.3. The fourth-order valence-corrected chi connectivity index (χ4v) is 4.18. The van der Waals surface area contributed by atoms with E-state index >= 15 is 0 Å². The lowest BCUT2D eigenvalue weighted by Crippen LogP contribution is -2.52. The third-order valence-electron chi connectivity index (χ3n) is 5.75. The molecule has 8 heteroatoms. The van der Waals surface area contributed by atoms with Crippen molar-refractivity contribution in [1.82, 2.24) is 10.2 Å². The van der Waals surface area contributed by atoms with E-state index in [-0.39, 0.29) is 30.9 Å². The van der Waals surface area contributed by atoms with Crippen molar-refractivity contribution in [2.75, 3.05) is 13.2 Å². The number of imide groups is 1. The summed E-state index contributed by atoms with van der Waals surface area (Å²) in [7, 11) is 0. The van der Waals surface area contributed by atoms with Gasteiger partial charge in [-0.1, -0.05) is 30.3 Å². The number of nitrogens with zero attached hydrogens (tertiary/aromatic N) is 1. The zero-order valence-corrected chi connectivity index (χ0v) is 16.8. The van der Waals surface area contributed by atoms with E-state index in [0.717, 1.165) is 5.56 Å². The molecule has 3 amide bonds. The molecule has 0 aromatic heterocycles. The Morgan fingerprint density at radius 2 is 1.94 bits per heavy atom. The van der Waals surface area contributed by atoms with Crippen molar-refractivity contribution in [1.29, 1.82) is 0 Å². The van der Waals surface area contributed by atoms with Crippen LogP contribution in [-0.4, -0.2) is 48.0 Å². The van der Waals surface area contributed by atoms with E-state index in [1.807, 2.05) is 30.3 Å². The quantitative estimate of drug-likeness (QED) is 0.739. The summed E-state index contributed by atoms with van der Waals surface area (Å²) in [6, 6.07) is 12.6. The molecule has 2 atom stereocenters. The first-order valence-corrected chi connectivity index (χ1v) is 10.3. The zero-order chi connectivity index (χ0) is 21.4. The summed E-state index contributed by atoms with van der Waals surface area (Å²) in [5.74, 6) is 0.128. The number of fused-ring (bicyclic) bond motifs is 3. The van der Waals surface area contributed by atoms with Crippen LogP contribution in [0.4, 0.5) is 0 Å². The highest BCUT2D eigenvalue weighted by atomic mass is 16.6. The van der Waals surface area contributed by atoms with Crippen LogP contribution >= 0.6 is 0 Å². The van der Waals surface area contributed by atoms with Gasteiger partial charge in [-0.3, -0.25) is 19.7 Å². The van der Waals surface area contributed by atoms with Crippen molar-refractivity contribution in [3.63, 3.8) is 0 Å². The maximum Gasteiger partial charge on any atom is 0.255 e. The minimum Gasteiger partial charge on any atom is -0.486 e. The van der Waals surface area contributed by atoms with Gasteiger partial charge in [-0.05, 0) is 24.1 Å². The van der Waals surface area contributed by atoms with Gasteiger partial charge in [-0.25, -0.2) is 0 Å². The van der Waals surface area contributed by atoms with Crippen LogP contribution in [-0.2, 0) is 27.5 Å². The molecule has 0 radical (unpaired) electrons. The Morgan fingerprint density at radius 1 is 1.10 bits per heavy atom. The molecule has 2 aromatic carbocycles. The van der Waals surface area contributed by atoms with Crippen molar-refractivity contribution < 1.29 is 28.6 Å². The van der Waals surface area contributed by atoms with Crippen LogP contribution in [0.1, 0.15) is 34.3 Å². The number of ether oxygens (including phenoxy) is 3. The molecule has 3 aliphatic rings. The molecular weight excluding hydrogens is 400 g/mol. The van der Waals surface area contributed by atoms with E-state index < -0.39 is 11.9 Å². The Kier molecular flexibility index (Phi) is 5.07. The second kappa shape index (κ2) is 8.03. The first-order chi connectivity index (χ1) is 15.1. The van der Waals surface area contributed by atoms with Gasteiger partial charge in [0.25, 0.3) is 5.91 Å². The molecule has 0 aliphatic carbocycles. The predicted octanol–water partition coefficient (Wildman–Crippen LogP) is 1.80. The number of rotatable bonds is 5. The van der Waals surface area contributed by atoms with Crippen molar-refractivity contribution in [3.8, 4) is 11.5 Å². The summed E-state index contributed by atoms with van der Waals surface area (Å²) < 4.78 is 17.8. The molecule has 3 aliphatic heterocycles. The van der Waals surface area contributed by atoms with Gasteiger partial charge in [0.2, 0.25) is 11.8 Å². The highest BCUT2D eigenvalue weighted by molar-refractivity contribution is 6.05. The van der Waals surface area contributed by atoms with Gasteiger partial charge < -0.3 is 19.1 Å². The Balaban J connectivity index is 1.29. The SMILES string of the molecule is O=C1CCC(N2Cc3c(ccc4c3OC(COCc3ccccc3)CO4)C2=O)C(=O)N1. The summed E-state index contributed by atoms with van der Waals surface area (Å²) in [6.07, 6.45) is 0.233. The average Bonchev–Trinajstić information content (AvgIpc) is 3.11. The lowest BCUT2D eigenvalue weighted by atomic mass is 10.0. The van der Waals surface area contributed by atoms with Crippen molar-refractivity contribution in [3.05, 3.63) is 59.2 Å². The predicted molar refractivity (Wildman–Crippen MR) is 108 cm³/mol. The number of amides is 3. The molecule has 2 unspecified atom stereocenters. The number of carbonyl (C=O) groups excluding carboxylic acids is 3. The molecule has 5 rings (SSSR count). The Bertz CT molecular complexity index is 1040. The lowest BCUT2D eigenvalue weighted by molar-refractivity contribution is -0.136. The van der Waals surface area contributed by atoms with Crippen LogP contribution in [0.25, 0.3) is 0 Å². The van der Waals surface area contributed by atoms with Crippen LogP contribution < -0.4 is 14.8 Å². The van der Waals surface area contributed by atoms with Crippen LogP contribution in [0.15, 0.2) is 42.5 Å². The highest BCUT2D eigenvalue weighted by Gasteiger charge is 2.41. The number of carbonyl (C=O) groups is 3. The van der Waals surface area contributed by atoms with E-state index in [1.54, 1.807) is 12.1 Å². The summed E-state index contributed by atoms with van der Waals surface area (Å²) in [4.78, 5) is 38.2. The summed E-state index contributed by atoms with van der Waals surface area (Å²) in [5, 5.41) is 2.32. The van der Waals surface area contributed by atoms with Gasteiger partial charge >= 0.3 is 0 Å². The van der Waals surface area contributed by atoms with E-state index in [4.69, 9.17) is 14.2 Å². The number of hydrogen-bond acceptors (Lipinski definition) is 6. The van der Waals surface area contributed by atoms with Crippen LogP contribution in [0.5, 0.6) is 11.5 Å². The third kappa shape index (κ3) is 3.74. The molecule has 8 nitrogen and oxygen atoms in total. The number of piperidine rings is 1. The first-order valence-electron chi connectivity index (χ1n) is 10.3. The topological polar surface area (TPSA) is 94.2 Å². The molecule has 2 aromatic rings. The second-order valence-corrected chi connectivity index (χ2v) is 7.87. The van der Waals surface area contributed by atoms with Crippen LogP contribution in [0.2, 0.25) is 0 Å². The van der Waals surface area contributed by atoms with Crippen molar-refractivity contribution >= 4 is 17.7 Å². The standard InChI is InChI=1S/C23H22N2O6/c26-20-9-7-18(22(27)24-20)25-10-17-16(23(25)28)6-8-19-21(17)31-15(13-30-19)12-29-11-14-4-2-1-3-5-14/h1-6,8,15,18H,7,9-13H2,(H,24,26,27). The number of hydrogen-bond donors (Lipinski definition) is 1. The van der Waals surface area contributed by atoms with Gasteiger partial charge in [0.15, 0.2) is 17.6 Å². The minimum absolute atomic E-state index is 0.217. The molecule has 0 bridgehead atoms. The molecule has 1 fully saturated rings. The van der Waals surface area contributed by atoms with Gasteiger partial charge in [-0.15, -0.1) is 0 Å². The minimum atomic E-state index is -0.664. The second-order valence-electron chi connectivity index (χ2n) is 7.87. The van der Waals surface area contributed by atoms with E-state index in [0.29, 0.717) is 48.9 Å². The van der Waals surface area contributed by atoms with Crippen molar-refractivity contribution in [2.24, 2.45) is 0 Å². The Hall–Kier alpha value is -3.39. The largest absolute Gasteiger partial charge is 0.486 e. The van der Waals surface area contributed by atoms with Gasteiger partial charge in [0.05, 0.1) is 19.8 Å². The Labute approximate surface area is 179 Å². The van der Waals surface area contributed by atoms with Crippen LogP contribution in [0.3, 0.4) is 0 Å². The van der Waals surface area contributed by atoms with E-state index in [2.05, 4.69) is 5.32 Å². The van der Waals surface area contributed by atoms with E-state index in [9.17, 15) is 14.4 Å². The monoisotopic (exact) mass is 422 g/mol. The van der Waals surface area contributed by atoms with Gasteiger partial charge in [0, 0.05) is 17.5 Å². The maximum atomic E-state index is 13.0. The summed E-state index contributed by atoms with van der Waals surface area (Å²) in [5.41, 5.74) is 2.28. The molecule has 31 heavy (non-hydrogen) atoms.